The minimum atomic E-state index is -0.139. The number of nitrogens with one attached hydrogen (secondary N) is 1. The van der Waals surface area contributed by atoms with Gasteiger partial charge in [0.25, 0.3) is 0 Å². The Kier molecular flexibility index (Phi) is 6.59. The van der Waals surface area contributed by atoms with Gasteiger partial charge < -0.3 is 15.0 Å². The molecule has 1 heterocycles. The predicted octanol–water partition coefficient (Wildman–Crippen LogP) is 1.97. The number of nitrogens with zero attached hydrogens (tertiary/aromatic N) is 1. The molecule has 1 fully saturated rings. The van der Waals surface area contributed by atoms with Crippen molar-refractivity contribution in [3.8, 4) is 0 Å². The summed E-state index contributed by atoms with van der Waals surface area (Å²) in [6.07, 6.45) is 1.28. The molecule has 1 aliphatic rings. The second-order valence-electron chi connectivity index (χ2n) is 6.43. The molecule has 2 amide bonds. The standard InChI is InChI=1S/C18H26N2O3/c1-14(2)8-9-17(21)19-10-16-12-20(18(22)13-23-16)11-15-6-4-3-5-7-15/h3-7,14,16H,8-13H2,1-2H3,(H,19,21). The Balaban J connectivity index is 1.78. The maximum Gasteiger partial charge on any atom is 0.248 e. The van der Waals surface area contributed by atoms with Crippen molar-refractivity contribution >= 4 is 11.8 Å². The first kappa shape index (κ1) is 17.5. The van der Waals surface area contributed by atoms with Crippen molar-refractivity contribution in [1.82, 2.24) is 10.2 Å². The molecule has 1 aromatic rings. The molecule has 1 N–H and O–H groups in total. The molecule has 23 heavy (non-hydrogen) atoms. The topological polar surface area (TPSA) is 58.6 Å². The molecule has 5 nitrogen and oxygen atoms in total. The number of rotatable bonds is 7. The summed E-state index contributed by atoms with van der Waals surface area (Å²) in [7, 11) is 0. The van der Waals surface area contributed by atoms with E-state index < -0.39 is 0 Å². The minimum absolute atomic E-state index is 0.00348. The third-order valence-electron chi connectivity index (χ3n) is 3.91. The maximum absolute atomic E-state index is 12.0. The lowest BCUT2D eigenvalue weighted by molar-refractivity contribution is -0.149. The van der Waals surface area contributed by atoms with Crippen molar-refractivity contribution in [2.24, 2.45) is 5.92 Å². The smallest absolute Gasteiger partial charge is 0.248 e. The first-order valence-corrected chi connectivity index (χ1v) is 8.24. The molecule has 0 aromatic heterocycles. The summed E-state index contributed by atoms with van der Waals surface area (Å²) in [5.74, 6) is 0.565. The van der Waals surface area contributed by atoms with E-state index in [0.717, 1.165) is 12.0 Å². The number of morpholine rings is 1. The Hall–Kier alpha value is -1.88. The van der Waals surface area contributed by atoms with Gasteiger partial charge in [-0.1, -0.05) is 44.2 Å². The molecule has 1 aliphatic heterocycles. The van der Waals surface area contributed by atoms with Crippen LogP contribution in [0.25, 0.3) is 0 Å². The number of amides is 2. The van der Waals surface area contributed by atoms with Crippen LogP contribution in [0.15, 0.2) is 30.3 Å². The number of carbonyl (C=O) groups excluding carboxylic acids is 2. The summed E-state index contributed by atoms with van der Waals surface area (Å²) >= 11 is 0. The van der Waals surface area contributed by atoms with Crippen molar-refractivity contribution in [3.63, 3.8) is 0 Å². The molecule has 0 spiro atoms. The molecule has 0 saturated carbocycles. The number of ether oxygens (including phenoxy) is 1. The molecule has 126 valence electrons. The van der Waals surface area contributed by atoms with Gasteiger partial charge in [0.2, 0.25) is 11.8 Å². The van der Waals surface area contributed by atoms with Crippen LogP contribution in [0.1, 0.15) is 32.3 Å². The van der Waals surface area contributed by atoms with E-state index in [1.54, 1.807) is 4.90 Å². The van der Waals surface area contributed by atoms with Crippen molar-refractivity contribution in [2.75, 3.05) is 19.7 Å². The third kappa shape index (κ3) is 6.02. The lowest BCUT2D eigenvalue weighted by atomic mass is 10.1. The second-order valence-corrected chi connectivity index (χ2v) is 6.43. The zero-order valence-electron chi connectivity index (χ0n) is 14.0. The molecule has 0 bridgehead atoms. The zero-order chi connectivity index (χ0) is 16.7. The number of carbonyl (C=O) groups is 2. The van der Waals surface area contributed by atoms with Crippen LogP contribution in [0.2, 0.25) is 0 Å². The average Bonchev–Trinajstić information content (AvgIpc) is 2.54. The van der Waals surface area contributed by atoms with E-state index in [2.05, 4.69) is 19.2 Å². The molecular formula is C18H26N2O3. The van der Waals surface area contributed by atoms with Crippen LogP contribution < -0.4 is 5.32 Å². The molecule has 1 atom stereocenters. The summed E-state index contributed by atoms with van der Waals surface area (Å²) < 4.78 is 5.53. The van der Waals surface area contributed by atoms with Crippen molar-refractivity contribution in [2.45, 2.75) is 39.3 Å². The molecular weight excluding hydrogens is 292 g/mol. The highest BCUT2D eigenvalue weighted by Crippen LogP contribution is 2.11. The molecule has 0 radical (unpaired) electrons. The Morgan fingerprint density at radius 1 is 1.35 bits per heavy atom. The summed E-state index contributed by atoms with van der Waals surface area (Å²) in [4.78, 5) is 25.5. The van der Waals surface area contributed by atoms with Crippen molar-refractivity contribution in [3.05, 3.63) is 35.9 Å². The van der Waals surface area contributed by atoms with Gasteiger partial charge in [0, 0.05) is 26.1 Å². The highest BCUT2D eigenvalue weighted by molar-refractivity contribution is 5.78. The molecule has 2 rings (SSSR count). The number of benzene rings is 1. The van der Waals surface area contributed by atoms with E-state index in [4.69, 9.17) is 4.74 Å². The van der Waals surface area contributed by atoms with Gasteiger partial charge in [0.1, 0.15) is 6.61 Å². The van der Waals surface area contributed by atoms with Gasteiger partial charge in [0.05, 0.1) is 6.10 Å². The lowest BCUT2D eigenvalue weighted by Gasteiger charge is -2.33. The Bertz CT molecular complexity index is 516. The average molecular weight is 318 g/mol. The quantitative estimate of drug-likeness (QED) is 0.836. The largest absolute Gasteiger partial charge is 0.365 e. The number of hydrogen-bond donors (Lipinski definition) is 1. The molecule has 1 aromatic carbocycles. The van der Waals surface area contributed by atoms with Crippen LogP contribution in [0, 0.1) is 5.92 Å². The van der Waals surface area contributed by atoms with Crippen LogP contribution in [-0.4, -0.2) is 42.5 Å². The summed E-state index contributed by atoms with van der Waals surface area (Å²) in [6.45, 7) is 5.84. The first-order chi connectivity index (χ1) is 11.0. The van der Waals surface area contributed by atoms with Gasteiger partial charge in [-0.3, -0.25) is 9.59 Å². The zero-order valence-corrected chi connectivity index (χ0v) is 14.0. The van der Waals surface area contributed by atoms with E-state index in [0.29, 0.717) is 32.0 Å². The number of hydrogen-bond acceptors (Lipinski definition) is 3. The van der Waals surface area contributed by atoms with E-state index in [1.807, 2.05) is 30.3 Å². The van der Waals surface area contributed by atoms with E-state index in [-0.39, 0.29) is 24.5 Å². The molecule has 1 unspecified atom stereocenters. The van der Waals surface area contributed by atoms with E-state index in [1.165, 1.54) is 0 Å². The Labute approximate surface area is 138 Å². The maximum atomic E-state index is 12.0. The molecule has 1 saturated heterocycles. The van der Waals surface area contributed by atoms with Gasteiger partial charge in [-0.2, -0.15) is 0 Å². The monoisotopic (exact) mass is 318 g/mol. The van der Waals surface area contributed by atoms with Crippen LogP contribution in [0.5, 0.6) is 0 Å². The fraction of sp³-hybridized carbons (Fsp3) is 0.556. The summed E-state index contributed by atoms with van der Waals surface area (Å²) in [5.41, 5.74) is 1.10. The first-order valence-electron chi connectivity index (χ1n) is 8.24. The van der Waals surface area contributed by atoms with Gasteiger partial charge >= 0.3 is 0 Å². The van der Waals surface area contributed by atoms with Crippen LogP contribution in [0.4, 0.5) is 0 Å². The second kappa shape index (κ2) is 8.67. The van der Waals surface area contributed by atoms with Crippen molar-refractivity contribution in [1.29, 1.82) is 0 Å². The normalized spacial score (nSPS) is 18.3. The van der Waals surface area contributed by atoms with E-state index in [9.17, 15) is 9.59 Å². The van der Waals surface area contributed by atoms with Gasteiger partial charge in [-0.15, -0.1) is 0 Å². The SMILES string of the molecule is CC(C)CCC(=O)NCC1CN(Cc2ccccc2)C(=O)CO1. The van der Waals surface area contributed by atoms with E-state index >= 15 is 0 Å². The molecule has 5 heteroatoms. The fourth-order valence-electron chi connectivity index (χ4n) is 2.50. The lowest BCUT2D eigenvalue weighted by Crippen LogP contribution is -2.50. The highest BCUT2D eigenvalue weighted by Gasteiger charge is 2.26. The predicted molar refractivity (Wildman–Crippen MR) is 88.7 cm³/mol. The Morgan fingerprint density at radius 2 is 2.09 bits per heavy atom. The minimum Gasteiger partial charge on any atom is -0.365 e. The van der Waals surface area contributed by atoms with Crippen LogP contribution in [-0.2, 0) is 20.9 Å². The molecule has 0 aliphatic carbocycles. The fourth-order valence-corrected chi connectivity index (χ4v) is 2.50. The van der Waals surface area contributed by atoms with Gasteiger partial charge in [-0.25, -0.2) is 0 Å². The van der Waals surface area contributed by atoms with Crippen molar-refractivity contribution < 1.29 is 14.3 Å². The summed E-state index contributed by atoms with van der Waals surface area (Å²) in [5, 5.41) is 2.91. The highest BCUT2D eigenvalue weighted by atomic mass is 16.5. The van der Waals surface area contributed by atoms with Crippen LogP contribution in [0.3, 0.4) is 0 Å². The summed E-state index contributed by atoms with van der Waals surface area (Å²) in [6, 6.07) is 9.90. The van der Waals surface area contributed by atoms with Gasteiger partial charge in [-0.05, 0) is 17.9 Å². The third-order valence-corrected chi connectivity index (χ3v) is 3.91. The van der Waals surface area contributed by atoms with Gasteiger partial charge in [0.15, 0.2) is 0 Å². The Morgan fingerprint density at radius 3 is 2.78 bits per heavy atom. The van der Waals surface area contributed by atoms with Crippen LogP contribution >= 0.6 is 0 Å².